The number of carbonyl (C=O) groups is 1. The first kappa shape index (κ1) is 15.5. The van der Waals surface area contributed by atoms with Crippen molar-refractivity contribution in [2.45, 2.75) is 39.0 Å². The zero-order valence-corrected chi connectivity index (χ0v) is 13.3. The monoisotopic (exact) mass is 304 g/mol. The standard InChI is InChI=1S/C18H25FN2O/c1-13(14-6-8-20-9-7-14)11-18(22)21-10-2-3-15-12-16(19)4-5-17(15)21/h4-5,12-14,20H,2-3,6-11H2,1H3. The van der Waals surface area contributed by atoms with E-state index < -0.39 is 0 Å². The highest BCUT2D eigenvalue weighted by molar-refractivity contribution is 5.94. The van der Waals surface area contributed by atoms with Crippen LogP contribution in [0.2, 0.25) is 0 Å². The molecule has 0 aromatic heterocycles. The van der Waals surface area contributed by atoms with Crippen LogP contribution in [0.4, 0.5) is 10.1 Å². The lowest BCUT2D eigenvalue weighted by Gasteiger charge is -2.33. The van der Waals surface area contributed by atoms with Gasteiger partial charge in [0.25, 0.3) is 0 Å². The van der Waals surface area contributed by atoms with Crippen molar-refractivity contribution in [1.82, 2.24) is 5.32 Å². The number of benzene rings is 1. The van der Waals surface area contributed by atoms with E-state index in [1.54, 1.807) is 12.1 Å². The predicted molar refractivity (Wildman–Crippen MR) is 86.4 cm³/mol. The van der Waals surface area contributed by atoms with Gasteiger partial charge in [0.1, 0.15) is 5.82 Å². The van der Waals surface area contributed by atoms with Gasteiger partial charge < -0.3 is 10.2 Å². The van der Waals surface area contributed by atoms with Gasteiger partial charge in [0.2, 0.25) is 5.91 Å². The topological polar surface area (TPSA) is 32.3 Å². The third-order valence-corrected chi connectivity index (χ3v) is 5.15. The summed E-state index contributed by atoms with van der Waals surface area (Å²) in [6.07, 6.45) is 4.71. The molecule has 1 aromatic rings. The van der Waals surface area contributed by atoms with Crippen LogP contribution >= 0.6 is 0 Å². The summed E-state index contributed by atoms with van der Waals surface area (Å²) in [4.78, 5) is 14.6. The number of amides is 1. The lowest BCUT2D eigenvalue weighted by molar-refractivity contribution is -0.119. The first-order valence-electron chi connectivity index (χ1n) is 8.44. The largest absolute Gasteiger partial charge is 0.317 e. The molecule has 2 aliphatic heterocycles. The van der Waals surface area contributed by atoms with Gasteiger partial charge in [0.15, 0.2) is 0 Å². The third-order valence-electron chi connectivity index (χ3n) is 5.15. The SMILES string of the molecule is CC(CC(=O)N1CCCc2cc(F)ccc21)C1CCNCC1. The number of fused-ring (bicyclic) bond motifs is 1. The summed E-state index contributed by atoms with van der Waals surface area (Å²) in [5.74, 6) is 1.04. The molecule has 0 saturated carbocycles. The Morgan fingerprint density at radius 2 is 2.18 bits per heavy atom. The molecule has 2 aliphatic rings. The number of halogens is 1. The van der Waals surface area contributed by atoms with E-state index in [2.05, 4.69) is 12.2 Å². The molecule has 0 radical (unpaired) electrons. The van der Waals surface area contributed by atoms with Gasteiger partial charge in [-0.15, -0.1) is 0 Å². The maximum absolute atomic E-state index is 13.4. The van der Waals surface area contributed by atoms with Crippen LogP contribution in [0.15, 0.2) is 18.2 Å². The van der Waals surface area contributed by atoms with Gasteiger partial charge in [-0.05, 0) is 74.4 Å². The van der Waals surface area contributed by atoms with Crippen LogP contribution in [0.25, 0.3) is 0 Å². The van der Waals surface area contributed by atoms with E-state index in [0.717, 1.165) is 56.6 Å². The second-order valence-corrected chi connectivity index (χ2v) is 6.69. The van der Waals surface area contributed by atoms with Gasteiger partial charge >= 0.3 is 0 Å². The molecule has 1 saturated heterocycles. The van der Waals surface area contributed by atoms with Crippen LogP contribution in [0.3, 0.4) is 0 Å². The molecule has 22 heavy (non-hydrogen) atoms. The molecule has 120 valence electrons. The Hall–Kier alpha value is -1.42. The fraction of sp³-hybridized carbons (Fsp3) is 0.611. The zero-order valence-electron chi connectivity index (χ0n) is 13.3. The van der Waals surface area contributed by atoms with Gasteiger partial charge in [0, 0.05) is 18.7 Å². The number of nitrogens with one attached hydrogen (secondary N) is 1. The number of aryl methyl sites for hydroxylation is 1. The van der Waals surface area contributed by atoms with Gasteiger partial charge in [-0.3, -0.25) is 4.79 Å². The van der Waals surface area contributed by atoms with Crippen LogP contribution in [0.5, 0.6) is 0 Å². The van der Waals surface area contributed by atoms with E-state index >= 15 is 0 Å². The fourth-order valence-electron chi connectivity index (χ4n) is 3.79. The highest BCUT2D eigenvalue weighted by Crippen LogP contribution is 2.30. The summed E-state index contributed by atoms with van der Waals surface area (Å²) in [6, 6.07) is 4.79. The van der Waals surface area contributed by atoms with Gasteiger partial charge in [-0.1, -0.05) is 6.92 Å². The van der Waals surface area contributed by atoms with Crippen molar-refractivity contribution in [1.29, 1.82) is 0 Å². The molecule has 1 amide bonds. The van der Waals surface area contributed by atoms with Crippen molar-refractivity contribution in [3.63, 3.8) is 0 Å². The van der Waals surface area contributed by atoms with E-state index in [1.165, 1.54) is 6.07 Å². The van der Waals surface area contributed by atoms with Gasteiger partial charge in [0.05, 0.1) is 0 Å². The summed E-state index contributed by atoms with van der Waals surface area (Å²) in [7, 11) is 0. The van der Waals surface area contributed by atoms with E-state index in [1.807, 2.05) is 4.90 Å². The number of piperidine rings is 1. The van der Waals surface area contributed by atoms with Crippen molar-refractivity contribution in [2.75, 3.05) is 24.5 Å². The molecule has 4 heteroatoms. The molecule has 2 heterocycles. The molecular formula is C18H25FN2O. The minimum atomic E-state index is -0.212. The first-order valence-corrected chi connectivity index (χ1v) is 8.44. The molecule has 1 unspecified atom stereocenters. The Morgan fingerprint density at radius 3 is 2.95 bits per heavy atom. The van der Waals surface area contributed by atoms with E-state index in [-0.39, 0.29) is 11.7 Å². The molecule has 3 rings (SSSR count). The first-order chi connectivity index (χ1) is 10.6. The summed E-state index contributed by atoms with van der Waals surface area (Å²) in [5, 5.41) is 3.37. The average Bonchev–Trinajstić information content (AvgIpc) is 2.54. The maximum atomic E-state index is 13.4. The quantitative estimate of drug-likeness (QED) is 0.930. The van der Waals surface area contributed by atoms with Crippen molar-refractivity contribution in [3.05, 3.63) is 29.6 Å². The molecule has 1 atom stereocenters. The second kappa shape index (κ2) is 6.78. The Balaban J connectivity index is 1.68. The number of carbonyl (C=O) groups excluding carboxylic acids is 1. The molecule has 1 fully saturated rings. The van der Waals surface area contributed by atoms with E-state index in [0.29, 0.717) is 18.3 Å². The lowest BCUT2D eigenvalue weighted by atomic mass is 9.83. The molecular weight excluding hydrogens is 279 g/mol. The van der Waals surface area contributed by atoms with Crippen molar-refractivity contribution in [2.24, 2.45) is 11.8 Å². The molecule has 0 bridgehead atoms. The van der Waals surface area contributed by atoms with Crippen LogP contribution in [-0.2, 0) is 11.2 Å². The predicted octanol–water partition coefficient (Wildman–Crippen LogP) is 3.13. The average molecular weight is 304 g/mol. The number of hydrogen-bond donors (Lipinski definition) is 1. The van der Waals surface area contributed by atoms with Crippen LogP contribution < -0.4 is 10.2 Å². The van der Waals surface area contributed by atoms with Gasteiger partial charge in [-0.2, -0.15) is 0 Å². The smallest absolute Gasteiger partial charge is 0.227 e. The Labute approximate surface area is 131 Å². The van der Waals surface area contributed by atoms with Gasteiger partial charge in [-0.25, -0.2) is 4.39 Å². The number of hydrogen-bond acceptors (Lipinski definition) is 2. The van der Waals surface area contributed by atoms with Crippen LogP contribution in [-0.4, -0.2) is 25.5 Å². The molecule has 3 nitrogen and oxygen atoms in total. The molecule has 1 aromatic carbocycles. The molecule has 0 aliphatic carbocycles. The van der Waals surface area contributed by atoms with Crippen molar-refractivity contribution >= 4 is 11.6 Å². The van der Waals surface area contributed by atoms with E-state index in [4.69, 9.17) is 0 Å². The Bertz CT molecular complexity index is 540. The summed E-state index contributed by atoms with van der Waals surface area (Å²) >= 11 is 0. The molecule has 0 spiro atoms. The summed E-state index contributed by atoms with van der Waals surface area (Å²) in [5.41, 5.74) is 1.88. The van der Waals surface area contributed by atoms with Crippen molar-refractivity contribution < 1.29 is 9.18 Å². The highest BCUT2D eigenvalue weighted by Gasteiger charge is 2.27. The summed E-state index contributed by atoms with van der Waals surface area (Å²) in [6.45, 7) is 5.09. The number of rotatable bonds is 3. The Morgan fingerprint density at radius 1 is 1.41 bits per heavy atom. The Kier molecular flexibility index (Phi) is 4.77. The van der Waals surface area contributed by atoms with E-state index in [9.17, 15) is 9.18 Å². The zero-order chi connectivity index (χ0) is 15.5. The highest BCUT2D eigenvalue weighted by atomic mass is 19.1. The number of nitrogens with zero attached hydrogens (tertiary/aromatic N) is 1. The third kappa shape index (κ3) is 3.32. The number of anilines is 1. The normalized spacial score (nSPS) is 20.5. The minimum absolute atomic E-state index is 0.193. The minimum Gasteiger partial charge on any atom is -0.317 e. The summed E-state index contributed by atoms with van der Waals surface area (Å²) < 4.78 is 13.4. The fourth-order valence-corrected chi connectivity index (χ4v) is 3.79. The maximum Gasteiger partial charge on any atom is 0.227 e. The van der Waals surface area contributed by atoms with Crippen LogP contribution in [0.1, 0.15) is 38.2 Å². The lowest BCUT2D eigenvalue weighted by Crippen LogP contribution is -2.38. The van der Waals surface area contributed by atoms with Crippen LogP contribution in [0, 0.1) is 17.7 Å². The second-order valence-electron chi connectivity index (χ2n) is 6.69. The van der Waals surface area contributed by atoms with Crippen molar-refractivity contribution in [3.8, 4) is 0 Å². The molecule has 1 N–H and O–H groups in total.